The molecular formula is C20H20FN3O3. The fourth-order valence-electron chi connectivity index (χ4n) is 2.48. The third kappa shape index (κ3) is 5.13. The highest BCUT2D eigenvalue weighted by atomic mass is 19.1. The highest BCUT2D eigenvalue weighted by molar-refractivity contribution is 5.76. The summed E-state index contributed by atoms with van der Waals surface area (Å²) in [5, 5.41) is 6.62. The number of rotatable bonds is 8. The SMILES string of the molecule is CCOc1ccc(-c2noc(CCC(=O)NCc3ccccc3F)n2)cc1. The van der Waals surface area contributed by atoms with E-state index in [-0.39, 0.29) is 24.7 Å². The minimum atomic E-state index is -0.338. The van der Waals surface area contributed by atoms with E-state index in [1.54, 1.807) is 18.2 Å². The molecule has 1 aromatic heterocycles. The van der Waals surface area contributed by atoms with Crippen LogP contribution in [-0.2, 0) is 17.8 Å². The smallest absolute Gasteiger partial charge is 0.227 e. The van der Waals surface area contributed by atoms with Crippen LogP contribution in [0.15, 0.2) is 53.1 Å². The summed E-state index contributed by atoms with van der Waals surface area (Å²) in [5.74, 6) is 1.06. The van der Waals surface area contributed by atoms with Gasteiger partial charge in [-0.1, -0.05) is 23.4 Å². The summed E-state index contributed by atoms with van der Waals surface area (Å²) in [7, 11) is 0. The number of carbonyl (C=O) groups excluding carboxylic acids is 1. The third-order valence-electron chi connectivity index (χ3n) is 3.89. The van der Waals surface area contributed by atoms with E-state index in [0.29, 0.717) is 30.3 Å². The lowest BCUT2D eigenvalue weighted by Crippen LogP contribution is -2.23. The highest BCUT2D eigenvalue weighted by Crippen LogP contribution is 2.20. The molecule has 0 radical (unpaired) electrons. The Kier molecular flexibility index (Phi) is 6.14. The summed E-state index contributed by atoms with van der Waals surface area (Å²) < 4.78 is 24.1. The van der Waals surface area contributed by atoms with Gasteiger partial charge in [0.05, 0.1) is 6.61 Å². The van der Waals surface area contributed by atoms with Crippen LogP contribution in [0.25, 0.3) is 11.4 Å². The van der Waals surface area contributed by atoms with E-state index in [4.69, 9.17) is 9.26 Å². The Labute approximate surface area is 156 Å². The fourth-order valence-corrected chi connectivity index (χ4v) is 2.48. The van der Waals surface area contributed by atoms with Crippen molar-refractivity contribution >= 4 is 5.91 Å². The number of aromatic nitrogens is 2. The maximum atomic E-state index is 13.5. The van der Waals surface area contributed by atoms with Gasteiger partial charge in [0.25, 0.3) is 0 Å². The van der Waals surface area contributed by atoms with Gasteiger partial charge < -0.3 is 14.6 Å². The molecule has 0 fully saturated rings. The van der Waals surface area contributed by atoms with Crippen molar-refractivity contribution < 1.29 is 18.4 Å². The number of ether oxygens (including phenoxy) is 1. The molecule has 3 rings (SSSR count). The molecule has 0 aliphatic rings. The largest absolute Gasteiger partial charge is 0.494 e. The number of amides is 1. The second kappa shape index (κ2) is 8.93. The average Bonchev–Trinajstić information content (AvgIpc) is 3.16. The molecule has 0 spiro atoms. The number of carbonyl (C=O) groups is 1. The Balaban J connectivity index is 1.50. The summed E-state index contributed by atoms with van der Waals surface area (Å²) in [5.41, 5.74) is 1.25. The molecule has 0 saturated carbocycles. The van der Waals surface area contributed by atoms with Crippen LogP contribution in [0.1, 0.15) is 24.8 Å². The Hall–Kier alpha value is -3.22. The molecule has 7 heteroatoms. The van der Waals surface area contributed by atoms with Gasteiger partial charge in [-0.25, -0.2) is 4.39 Å². The topological polar surface area (TPSA) is 77.2 Å². The van der Waals surface area contributed by atoms with Crippen molar-refractivity contribution in [3.63, 3.8) is 0 Å². The van der Waals surface area contributed by atoms with Crippen LogP contribution in [-0.4, -0.2) is 22.7 Å². The first-order chi connectivity index (χ1) is 13.2. The van der Waals surface area contributed by atoms with E-state index in [1.165, 1.54) is 6.07 Å². The minimum absolute atomic E-state index is 0.146. The van der Waals surface area contributed by atoms with E-state index in [1.807, 2.05) is 31.2 Å². The lowest BCUT2D eigenvalue weighted by atomic mass is 10.2. The lowest BCUT2D eigenvalue weighted by Gasteiger charge is -2.05. The number of nitrogens with one attached hydrogen (secondary N) is 1. The van der Waals surface area contributed by atoms with Gasteiger partial charge in [-0.3, -0.25) is 4.79 Å². The summed E-state index contributed by atoms with van der Waals surface area (Å²) in [6, 6.07) is 13.7. The van der Waals surface area contributed by atoms with E-state index >= 15 is 0 Å². The molecule has 0 bridgehead atoms. The maximum Gasteiger partial charge on any atom is 0.227 e. The van der Waals surface area contributed by atoms with E-state index in [2.05, 4.69) is 15.5 Å². The molecule has 140 valence electrons. The van der Waals surface area contributed by atoms with Crippen LogP contribution < -0.4 is 10.1 Å². The standard InChI is InChI=1S/C20H20FN3O3/c1-2-26-16-9-7-14(8-10-16)20-23-19(27-24-20)12-11-18(25)22-13-15-5-3-4-6-17(15)21/h3-10H,2,11-13H2,1H3,(H,22,25). The van der Waals surface area contributed by atoms with Crippen molar-refractivity contribution in [2.75, 3.05) is 6.61 Å². The first-order valence-electron chi connectivity index (χ1n) is 8.71. The number of hydrogen-bond donors (Lipinski definition) is 1. The van der Waals surface area contributed by atoms with Crippen molar-refractivity contribution in [3.8, 4) is 17.1 Å². The van der Waals surface area contributed by atoms with Crippen LogP contribution in [0.4, 0.5) is 4.39 Å². The first kappa shape index (κ1) is 18.6. The summed E-state index contributed by atoms with van der Waals surface area (Å²) >= 11 is 0. The summed E-state index contributed by atoms with van der Waals surface area (Å²) in [6.45, 7) is 2.67. The van der Waals surface area contributed by atoms with Crippen molar-refractivity contribution in [3.05, 3.63) is 65.8 Å². The van der Waals surface area contributed by atoms with Gasteiger partial charge in [0.2, 0.25) is 17.6 Å². The summed E-state index contributed by atoms with van der Waals surface area (Å²) in [4.78, 5) is 16.2. The van der Waals surface area contributed by atoms with Gasteiger partial charge in [0.1, 0.15) is 11.6 Å². The predicted molar refractivity (Wildman–Crippen MR) is 97.5 cm³/mol. The molecule has 27 heavy (non-hydrogen) atoms. The van der Waals surface area contributed by atoms with Crippen molar-refractivity contribution in [2.24, 2.45) is 0 Å². The van der Waals surface area contributed by atoms with E-state index < -0.39 is 0 Å². The summed E-state index contributed by atoms with van der Waals surface area (Å²) in [6.07, 6.45) is 0.493. The second-order valence-corrected chi connectivity index (χ2v) is 5.84. The molecular weight excluding hydrogens is 349 g/mol. The van der Waals surface area contributed by atoms with Crippen molar-refractivity contribution in [1.82, 2.24) is 15.5 Å². The molecule has 0 atom stereocenters. The van der Waals surface area contributed by atoms with Crippen LogP contribution in [0.2, 0.25) is 0 Å². The predicted octanol–water partition coefficient (Wildman–Crippen LogP) is 3.52. The number of halogens is 1. The van der Waals surface area contributed by atoms with Crippen molar-refractivity contribution in [2.45, 2.75) is 26.3 Å². The zero-order valence-corrected chi connectivity index (χ0v) is 14.9. The molecule has 0 aliphatic heterocycles. The molecule has 0 saturated heterocycles. The molecule has 3 aromatic rings. The molecule has 0 unspecified atom stereocenters. The normalized spacial score (nSPS) is 10.6. The Morgan fingerprint density at radius 1 is 1.19 bits per heavy atom. The van der Waals surface area contributed by atoms with Gasteiger partial charge in [0, 0.05) is 30.5 Å². The van der Waals surface area contributed by atoms with Crippen molar-refractivity contribution in [1.29, 1.82) is 0 Å². The Bertz CT molecular complexity index is 893. The van der Waals surface area contributed by atoms with Gasteiger partial charge in [-0.15, -0.1) is 0 Å². The number of hydrogen-bond acceptors (Lipinski definition) is 5. The minimum Gasteiger partial charge on any atom is -0.494 e. The Morgan fingerprint density at radius 3 is 2.70 bits per heavy atom. The zero-order valence-electron chi connectivity index (χ0n) is 14.9. The number of nitrogens with zero attached hydrogens (tertiary/aromatic N) is 2. The van der Waals surface area contributed by atoms with Crippen LogP contribution in [0.5, 0.6) is 5.75 Å². The van der Waals surface area contributed by atoms with Gasteiger partial charge in [-0.05, 0) is 37.3 Å². The molecule has 0 aliphatic carbocycles. The molecule has 1 heterocycles. The molecule has 2 aromatic carbocycles. The number of aryl methyl sites for hydroxylation is 1. The van der Waals surface area contributed by atoms with Crippen LogP contribution >= 0.6 is 0 Å². The van der Waals surface area contributed by atoms with Gasteiger partial charge >= 0.3 is 0 Å². The number of benzene rings is 2. The molecule has 6 nitrogen and oxygen atoms in total. The highest BCUT2D eigenvalue weighted by Gasteiger charge is 2.11. The van der Waals surface area contributed by atoms with E-state index in [0.717, 1.165) is 11.3 Å². The van der Waals surface area contributed by atoms with Gasteiger partial charge in [0.15, 0.2) is 0 Å². The monoisotopic (exact) mass is 369 g/mol. The van der Waals surface area contributed by atoms with Crippen LogP contribution in [0, 0.1) is 5.82 Å². The van der Waals surface area contributed by atoms with Gasteiger partial charge in [-0.2, -0.15) is 4.98 Å². The first-order valence-corrected chi connectivity index (χ1v) is 8.71. The maximum absolute atomic E-state index is 13.5. The average molecular weight is 369 g/mol. The fraction of sp³-hybridized carbons (Fsp3) is 0.250. The third-order valence-corrected chi connectivity index (χ3v) is 3.89. The molecule has 1 N–H and O–H groups in total. The Morgan fingerprint density at radius 2 is 1.96 bits per heavy atom. The zero-order chi connectivity index (χ0) is 19.1. The van der Waals surface area contributed by atoms with Crippen LogP contribution in [0.3, 0.4) is 0 Å². The molecule has 1 amide bonds. The van der Waals surface area contributed by atoms with E-state index in [9.17, 15) is 9.18 Å². The quantitative estimate of drug-likeness (QED) is 0.657. The lowest BCUT2D eigenvalue weighted by molar-refractivity contribution is -0.121. The second-order valence-electron chi connectivity index (χ2n) is 5.84.